The molecular weight excluding hydrogens is 484 g/mol. The number of nitrogens with one attached hydrogen (secondary N) is 1. The van der Waals surface area contributed by atoms with Crippen LogP contribution in [0.2, 0.25) is 0 Å². The van der Waals surface area contributed by atoms with Crippen LogP contribution in [0.1, 0.15) is 34.7 Å². The van der Waals surface area contributed by atoms with Gasteiger partial charge in [0.2, 0.25) is 0 Å². The van der Waals surface area contributed by atoms with Crippen LogP contribution in [0.4, 0.5) is 0 Å². The molecule has 2 fully saturated rings. The number of benzene rings is 1. The third kappa shape index (κ3) is 5.33. The molecule has 0 aliphatic carbocycles. The van der Waals surface area contributed by atoms with Gasteiger partial charge in [0, 0.05) is 84.2 Å². The van der Waals surface area contributed by atoms with E-state index in [1.54, 1.807) is 12.4 Å². The van der Waals surface area contributed by atoms with Gasteiger partial charge in [0.05, 0.1) is 11.4 Å². The number of pyridine rings is 1. The lowest BCUT2D eigenvalue weighted by Crippen LogP contribution is -2.50. The van der Waals surface area contributed by atoms with E-state index < -0.39 is 10.8 Å². The van der Waals surface area contributed by atoms with E-state index in [1.165, 1.54) is 0 Å². The summed E-state index contributed by atoms with van der Waals surface area (Å²) in [5.41, 5.74) is 4.30. The molecule has 0 unspecified atom stereocenters. The molecule has 1 N–H and O–H groups in total. The largest absolute Gasteiger partial charge is 0.351 e. The Labute approximate surface area is 218 Å². The molecule has 0 radical (unpaired) electrons. The predicted octanol–water partition coefficient (Wildman–Crippen LogP) is 3.28. The molecule has 6 rings (SSSR count). The summed E-state index contributed by atoms with van der Waals surface area (Å²) < 4.78 is 11.7. The molecule has 8 nitrogen and oxygen atoms in total. The lowest BCUT2D eigenvalue weighted by atomic mass is 10.0. The molecule has 190 valence electrons. The van der Waals surface area contributed by atoms with E-state index in [0.717, 1.165) is 84.2 Å². The van der Waals surface area contributed by atoms with Crippen LogP contribution in [0.3, 0.4) is 0 Å². The Morgan fingerprint density at radius 3 is 2.57 bits per heavy atom. The summed E-state index contributed by atoms with van der Waals surface area (Å²) in [6.45, 7) is 3.34. The molecular formula is C28H30N6O2S. The second kappa shape index (κ2) is 10.5. The first kappa shape index (κ1) is 23.9. The highest BCUT2D eigenvalue weighted by atomic mass is 32.2. The Bertz CT molecular complexity index is 1420. The monoisotopic (exact) mass is 514 g/mol. The van der Waals surface area contributed by atoms with Crippen LogP contribution in [-0.4, -0.2) is 83.6 Å². The second-order valence-electron chi connectivity index (χ2n) is 9.76. The first-order valence-electron chi connectivity index (χ1n) is 12.9. The summed E-state index contributed by atoms with van der Waals surface area (Å²) in [4.78, 5) is 34.5. The van der Waals surface area contributed by atoms with Crippen LogP contribution in [0.15, 0.2) is 60.9 Å². The predicted molar refractivity (Wildman–Crippen MR) is 145 cm³/mol. The minimum Gasteiger partial charge on any atom is -0.351 e. The number of aromatic amines is 1. The number of rotatable bonds is 5. The maximum absolute atomic E-state index is 13.3. The quantitative estimate of drug-likeness (QED) is 0.439. The molecule has 0 spiro atoms. The van der Waals surface area contributed by atoms with E-state index in [2.05, 4.69) is 32.0 Å². The van der Waals surface area contributed by atoms with E-state index in [-0.39, 0.29) is 5.91 Å². The zero-order valence-corrected chi connectivity index (χ0v) is 21.5. The second-order valence-corrected chi connectivity index (χ2v) is 11.5. The fourth-order valence-corrected chi connectivity index (χ4v) is 6.43. The number of fused-ring (bicyclic) bond motifs is 1. The van der Waals surface area contributed by atoms with E-state index in [1.807, 2.05) is 41.3 Å². The molecule has 0 bridgehead atoms. The van der Waals surface area contributed by atoms with Crippen molar-refractivity contribution in [3.63, 3.8) is 0 Å². The minimum atomic E-state index is -0.655. The van der Waals surface area contributed by atoms with Crippen molar-refractivity contribution in [2.75, 3.05) is 37.7 Å². The van der Waals surface area contributed by atoms with Gasteiger partial charge in [-0.2, -0.15) is 0 Å². The topological polar surface area (TPSA) is 95.1 Å². The number of piperidine rings is 1. The average Bonchev–Trinajstić information content (AvgIpc) is 3.37. The van der Waals surface area contributed by atoms with E-state index in [4.69, 9.17) is 4.98 Å². The third-order valence-corrected chi connectivity index (χ3v) is 8.67. The van der Waals surface area contributed by atoms with Crippen molar-refractivity contribution < 1.29 is 9.00 Å². The first-order chi connectivity index (χ1) is 18.1. The third-order valence-electron chi connectivity index (χ3n) is 7.39. The molecule has 3 aromatic heterocycles. The number of aromatic nitrogens is 4. The van der Waals surface area contributed by atoms with Crippen LogP contribution >= 0.6 is 0 Å². The Kier molecular flexibility index (Phi) is 6.80. The van der Waals surface area contributed by atoms with Crippen LogP contribution in [0.5, 0.6) is 0 Å². The standard InChI is InChI=1S/C28H30N6O2S/c35-28(34-11-7-22(8-12-34)33-13-15-37(36)16-14-33)26-19-21-17-20(4-5-23(21)31-26)18-27-30-10-6-25(32-27)24-3-1-2-9-29-24/h1-6,9-10,17,19,22,31H,7-8,11-16,18H2. The lowest BCUT2D eigenvalue weighted by molar-refractivity contribution is 0.0625. The number of hydrogen-bond donors (Lipinski definition) is 1. The smallest absolute Gasteiger partial charge is 0.270 e. The normalized spacial score (nSPS) is 17.9. The van der Waals surface area contributed by atoms with Gasteiger partial charge in [0.15, 0.2) is 0 Å². The summed E-state index contributed by atoms with van der Waals surface area (Å²) in [6.07, 6.45) is 6.08. The van der Waals surface area contributed by atoms with Gasteiger partial charge in [-0.25, -0.2) is 9.97 Å². The maximum Gasteiger partial charge on any atom is 0.270 e. The van der Waals surface area contributed by atoms with Gasteiger partial charge in [-0.3, -0.25) is 18.9 Å². The van der Waals surface area contributed by atoms with Crippen molar-refractivity contribution in [1.29, 1.82) is 0 Å². The zero-order chi connectivity index (χ0) is 25.2. The van der Waals surface area contributed by atoms with Crippen LogP contribution in [0.25, 0.3) is 22.3 Å². The number of likely N-dealkylation sites (tertiary alicyclic amines) is 1. The van der Waals surface area contributed by atoms with Gasteiger partial charge in [-0.1, -0.05) is 12.1 Å². The molecule has 2 saturated heterocycles. The fourth-order valence-electron chi connectivity index (χ4n) is 5.35. The summed E-state index contributed by atoms with van der Waals surface area (Å²) in [5, 5.41) is 1.01. The van der Waals surface area contributed by atoms with E-state index in [0.29, 0.717) is 18.2 Å². The first-order valence-corrected chi connectivity index (χ1v) is 14.3. The van der Waals surface area contributed by atoms with Gasteiger partial charge >= 0.3 is 0 Å². The Morgan fingerprint density at radius 1 is 0.946 bits per heavy atom. The van der Waals surface area contributed by atoms with Gasteiger partial charge in [0.1, 0.15) is 11.5 Å². The van der Waals surface area contributed by atoms with Crippen molar-refractivity contribution in [2.45, 2.75) is 25.3 Å². The molecule has 0 saturated carbocycles. The van der Waals surface area contributed by atoms with Crippen molar-refractivity contribution in [3.8, 4) is 11.4 Å². The van der Waals surface area contributed by atoms with Gasteiger partial charge in [0.25, 0.3) is 5.91 Å². The number of carbonyl (C=O) groups excluding carboxylic acids is 1. The van der Waals surface area contributed by atoms with Crippen LogP contribution in [-0.2, 0) is 17.2 Å². The molecule has 5 heterocycles. The summed E-state index contributed by atoms with van der Waals surface area (Å²) in [6, 6.07) is 16.3. The zero-order valence-electron chi connectivity index (χ0n) is 20.7. The number of hydrogen-bond acceptors (Lipinski definition) is 6. The highest BCUT2D eigenvalue weighted by molar-refractivity contribution is 7.85. The average molecular weight is 515 g/mol. The minimum absolute atomic E-state index is 0.0577. The molecule has 1 aromatic carbocycles. The SMILES string of the molecule is O=C(c1cc2cc(Cc3nccc(-c4ccccn4)n3)ccc2[nH]1)N1CCC(N2CCS(=O)CC2)CC1. The summed E-state index contributed by atoms with van der Waals surface area (Å²) >= 11 is 0. The maximum atomic E-state index is 13.3. The highest BCUT2D eigenvalue weighted by Gasteiger charge is 2.29. The molecule has 4 aromatic rings. The van der Waals surface area contributed by atoms with Gasteiger partial charge in [-0.05, 0) is 54.8 Å². The van der Waals surface area contributed by atoms with Gasteiger partial charge in [-0.15, -0.1) is 0 Å². The van der Waals surface area contributed by atoms with E-state index in [9.17, 15) is 9.00 Å². The molecule has 37 heavy (non-hydrogen) atoms. The number of amides is 1. The molecule has 1 amide bonds. The summed E-state index contributed by atoms with van der Waals surface area (Å²) in [5.74, 6) is 2.34. The number of carbonyl (C=O) groups is 1. The van der Waals surface area contributed by atoms with Crippen molar-refractivity contribution in [1.82, 2.24) is 29.7 Å². The summed E-state index contributed by atoms with van der Waals surface area (Å²) in [7, 11) is -0.655. The highest BCUT2D eigenvalue weighted by Crippen LogP contribution is 2.23. The Hall–Kier alpha value is -3.43. The van der Waals surface area contributed by atoms with Crippen molar-refractivity contribution in [2.24, 2.45) is 0 Å². The molecule has 0 atom stereocenters. The number of H-pyrrole nitrogens is 1. The lowest BCUT2D eigenvalue weighted by Gasteiger charge is -2.39. The van der Waals surface area contributed by atoms with Crippen molar-refractivity contribution >= 4 is 27.6 Å². The molecule has 2 aliphatic rings. The molecule has 2 aliphatic heterocycles. The Morgan fingerprint density at radius 2 is 1.78 bits per heavy atom. The molecule has 9 heteroatoms. The Balaban J connectivity index is 1.12. The fraction of sp³-hybridized carbons (Fsp3) is 0.357. The van der Waals surface area contributed by atoms with Gasteiger partial charge < -0.3 is 9.88 Å². The van der Waals surface area contributed by atoms with Crippen LogP contribution < -0.4 is 0 Å². The van der Waals surface area contributed by atoms with E-state index >= 15 is 0 Å². The van der Waals surface area contributed by atoms with Crippen LogP contribution in [0, 0.1) is 0 Å². The number of nitrogens with zero attached hydrogens (tertiary/aromatic N) is 5. The van der Waals surface area contributed by atoms with Crippen molar-refractivity contribution in [3.05, 3.63) is 78.0 Å².